The topological polar surface area (TPSA) is 34.1 Å². The molecule has 0 N–H and O–H groups in total. The summed E-state index contributed by atoms with van der Waals surface area (Å²) < 4.78 is 45.2. The Balaban J connectivity index is 0. The van der Waals surface area contributed by atoms with E-state index in [0.29, 0.717) is 0 Å². The van der Waals surface area contributed by atoms with Crippen molar-refractivity contribution in [3.8, 4) is 0 Å². The number of halogens is 2. The van der Waals surface area contributed by atoms with Gasteiger partial charge in [0.25, 0.3) is 0 Å². The van der Waals surface area contributed by atoms with Crippen molar-refractivity contribution in [1.82, 2.24) is 0 Å². The molecule has 0 saturated carbocycles. The average Bonchev–Trinajstić information content (AvgIpc) is 2.14. The second-order valence-corrected chi connectivity index (χ2v) is 4.44. The Bertz CT molecular complexity index is 316. The van der Waals surface area contributed by atoms with Crippen molar-refractivity contribution in [2.24, 2.45) is 0 Å². The largest absolute Gasteiger partial charge is 0.341 e. The molecule has 0 bridgehead atoms. The van der Waals surface area contributed by atoms with Crippen LogP contribution in [0.25, 0.3) is 0 Å². The Morgan fingerprint density at radius 3 is 1.93 bits per heavy atom. The minimum absolute atomic E-state index is 0.521. The Hall–Kier alpha value is -0.970. The summed E-state index contributed by atoms with van der Waals surface area (Å²) >= 11 is 0. The fourth-order valence-corrected chi connectivity index (χ4v) is 1.22. The van der Waals surface area contributed by atoms with Crippen LogP contribution in [0.15, 0.2) is 36.3 Å². The van der Waals surface area contributed by atoms with Gasteiger partial charge in [-0.1, -0.05) is 45.6 Å². The number of allylic oxidation sites excluding steroid dienone is 3. The summed E-state index contributed by atoms with van der Waals surface area (Å²) in [5.41, 5.74) is 0. The van der Waals surface area contributed by atoms with Crippen LogP contribution in [-0.2, 0) is 9.84 Å². The first kappa shape index (κ1) is 16.5. The average molecular weight is 238 g/mol. The van der Waals surface area contributed by atoms with Gasteiger partial charge in [0.15, 0.2) is 0 Å². The lowest BCUT2D eigenvalue weighted by molar-refractivity contribution is 0.236. The normalized spacial score (nSPS) is 11.7. The van der Waals surface area contributed by atoms with E-state index in [0.717, 1.165) is 18.2 Å². The molecule has 0 aromatic rings. The second-order valence-electron chi connectivity index (χ2n) is 2.52. The van der Waals surface area contributed by atoms with E-state index in [4.69, 9.17) is 0 Å². The second kappa shape index (κ2) is 8.35. The van der Waals surface area contributed by atoms with Crippen LogP contribution >= 0.6 is 0 Å². The van der Waals surface area contributed by atoms with E-state index in [1.54, 1.807) is 0 Å². The molecular weight excluding hydrogens is 222 g/mol. The SMILES string of the molecule is C=C/C=C(\C=C)S(=O)(=O)C(F)F.CCC. The Kier molecular flexibility index (Phi) is 9.16. The van der Waals surface area contributed by atoms with Gasteiger partial charge in [-0.3, -0.25) is 0 Å². The molecule has 0 aromatic carbocycles. The predicted molar refractivity (Wildman–Crippen MR) is 59.4 cm³/mol. The molecule has 15 heavy (non-hydrogen) atoms. The van der Waals surface area contributed by atoms with Crippen molar-refractivity contribution in [2.45, 2.75) is 26.0 Å². The number of sulfone groups is 1. The molecule has 0 aromatic heterocycles. The van der Waals surface area contributed by atoms with Crippen molar-refractivity contribution in [3.05, 3.63) is 36.3 Å². The fraction of sp³-hybridized carbons (Fsp3) is 0.400. The summed E-state index contributed by atoms with van der Waals surface area (Å²) in [6.45, 7) is 10.5. The molecule has 2 nitrogen and oxygen atoms in total. The third-order valence-electron chi connectivity index (χ3n) is 1.05. The van der Waals surface area contributed by atoms with Crippen LogP contribution < -0.4 is 0 Å². The molecule has 0 fully saturated rings. The molecule has 0 aliphatic heterocycles. The van der Waals surface area contributed by atoms with Gasteiger partial charge >= 0.3 is 5.76 Å². The molecule has 0 rings (SSSR count). The van der Waals surface area contributed by atoms with Gasteiger partial charge in [-0.15, -0.1) is 0 Å². The Morgan fingerprint density at radius 1 is 1.33 bits per heavy atom. The summed E-state index contributed by atoms with van der Waals surface area (Å²) in [7, 11) is -4.51. The van der Waals surface area contributed by atoms with Gasteiger partial charge in [0.1, 0.15) is 0 Å². The predicted octanol–water partition coefficient (Wildman–Crippen LogP) is 3.30. The molecule has 0 unspecified atom stereocenters. The van der Waals surface area contributed by atoms with Crippen molar-refractivity contribution < 1.29 is 17.2 Å². The van der Waals surface area contributed by atoms with Crippen LogP contribution in [-0.4, -0.2) is 14.2 Å². The van der Waals surface area contributed by atoms with Crippen LogP contribution in [0.2, 0.25) is 0 Å². The minimum atomic E-state index is -4.51. The van der Waals surface area contributed by atoms with Crippen molar-refractivity contribution >= 4 is 9.84 Å². The molecule has 88 valence electrons. The van der Waals surface area contributed by atoms with Gasteiger partial charge < -0.3 is 0 Å². The first-order valence-corrected chi connectivity index (χ1v) is 5.90. The summed E-state index contributed by atoms with van der Waals surface area (Å²) in [5.74, 6) is -3.42. The maximum Gasteiger partial charge on any atom is 0.341 e. The van der Waals surface area contributed by atoms with Gasteiger partial charge in [-0.05, 0) is 6.08 Å². The van der Waals surface area contributed by atoms with E-state index in [2.05, 4.69) is 27.0 Å². The van der Waals surface area contributed by atoms with E-state index in [9.17, 15) is 17.2 Å². The number of hydrogen-bond donors (Lipinski definition) is 0. The summed E-state index contributed by atoms with van der Waals surface area (Å²) in [6, 6.07) is 0. The maximum absolute atomic E-state index is 11.9. The molecule has 0 atom stereocenters. The lowest BCUT2D eigenvalue weighted by Gasteiger charge is -2.01. The number of hydrogen-bond acceptors (Lipinski definition) is 2. The van der Waals surface area contributed by atoms with E-state index in [1.165, 1.54) is 6.42 Å². The molecule has 0 amide bonds. The highest BCUT2D eigenvalue weighted by atomic mass is 32.2. The first-order chi connectivity index (χ1) is 6.88. The molecule has 0 heterocycles. The third kappa shape index (κ3) is 6.17. The van der Waals surface area contributed by atoms with Crippen molar-refractivity contribution in [3.63, 3.8) is 0 Å². The molecular formula is C10H16F2O2S. The number of alkyl halides is 2. The van der Waals surface area contributed by atoms with Crippen LogP contribution in [0, 0.1) is 0 Å². The van der Waals surface area contributed by atoms with E-state index < -0.39 is 20.5 Å². The smallest absolute Gasteiger partial charge is 0.218 e. The highest BCUT2D eigenvalue weighted by Crippen LogP contribution is 2.16. The lowest BCUT2D eigenvalue weighted by atomic mass is 10.5. The van der Waals surface area contributed by atoms with Crippen LogP contribution in [0.1, 0.15) is 20.3 Å². The Labute approximate surface area is 89.9 Å². The molecule has 5 heteroatoms. The summed E-state index contributed by atoms with van der Waals surface area (Å²) in [4.78, 5) is -0.521. The highest BCUT2D eigenvalue weighted by Gasteiger charge is 2.26. The molecule has 0 spiro atoms. The lowest BCUT2D eigenvalue weighted by Crippen LogP contribution is -2.12. The van der Waals surface area contributed by atoms with Crippen molar-refractivity contribution in [2.75, 3.05) is 0 Å². The highest BCUT2D eigenvalue weighted by molar-refractivity contribution is 7.95. The zero-order valence-corrected chi connectivity index (χ0v) is 9.73. The van der Waals surface area contributed by atoms with Gasteiger partial charge in [-0.25, -0.2) is 8.42 Å². The quantitative estimate of drug-likeness (QED) is 0.704. The standard InChI is InChI=1S/C7H8F2O2S.C3H8/c1-3-5-6(4-2)12(10,11)7(8)9;1-3-2/h3-5,7H,1-2H2;3H2,1-2H3/b6-5+;. The van der Waals surface area contributed by atoms with Gasteiger partial charge in [-0.2, -0.15) is 8.78 Å². The first-order valence-electron chi connectivity index (χ1n) is 4.35. The van der Waals surface area contributed by atoms with E-state index in [1.807, 2.05) is 0 Å². The zero-order valence-electron chi connectivity index (χ0n) is 8.91. The fourth-order valence-electron chi connectivity index (χ4n) is 0.498. The summed E-state index contributed by atoms with van der Waals surface area (Å²) in [6.07, 6.45) is 4.18. The van der Waals surface area contributed by atoms with Crippen LogP contribution in [0.5, 0.6) is 0 Å². The van der Waals surface area contributed by atoms with Gasteiger partial charge in [0.05, 0.1) is 4.91 Å². The molecule has 0 radical (unpaired) electrons. The van der Waals surface area contributed by atoms with E-state index >= 15 is 0 Å². The monoisotopic (exact) mass is 238 g/mol. The third-order valence-corrected chi connectivity index (χ3v) is 2.48. The maximum atomic E-state index is 11.9. The molecule has 0 aliphatic rings. The van der Waals surface area contributed by atoms with Gasteiger partial charge in [0, 0.05) is 0 Å². The number of rotatable bonds is 4. The van der Waals surface area contributed by atoms with Gasteiger partial charge in [0.2, 0.25) is 9.84 Å². The van der Waals surface area contributed by atoms with Crippen molar-refractivity contribution in [1.29, 1.82) is 0 Å². The Morgan fingerprint density at radius 2 is 1.73 bits per heavy atom. The molecule has 0 saturated heterocycles. The summed E-state index contributed by atoms with van der Waals surface area (Å²) in [5, 5.41) is 0. The molecule has 0 aliphatic carbocycles. The van der Waals surface area contributed by atoms with Crippen LogP contribution in [0.3, 0.4) is 0 Å². The van der Waals surface area contributed by atoms with Crippen LogP contribution in [0.4, 0.5) is 8.78 Å². The minimum Gasteiger partial charge on any atom is -0.218 e. The van der Waals surface area contributed by atoms with E-state index in [-0.39, 0.29) is 0 Å². The zero-order chi connectivity index (χ0) is 12.5.